The number of hydrogen-bond donors (Lipinski definition) is 3. The Kier molecular flexibility index (Phi) is 5.89. The summed E-state index contributed by atoms with van der Waals surface area (Å²) in [6.45, 7) is 0.137. The molecule has 1 amide bonds. The Morgan fingerprint density at radius 2 is 1.52 bits per heavy atom. The first-order valence-electron chi connectivity index (χ1n) is 10.2. The van der Waals surface area contributed by atoms with Gasteiger partial charge in [-0.05, 0) is 46.7 Å². The number of hydrogen-bond acceptors (Lipinski definition) is 4. The molecule has 3 aromatic carbocycles. The second kappa shape index (κ2) is 8.92. The van der Waals surface area contributed by atoms with E-state index in [1.54, 1.807) is 6.07 Å². The first kappa shape index (κ1) is 20.5. The summed E-state index contributed by atoms with van der Waals surface area (Å²) in [5.41, 5.74) is 11.9. The summed E-state index contributed by atoms with van der Waals surface area (Å²) in [6.07, 6.45) is -0.0867. The molecular weight excluding hydrogens is 392 g/mol. The summed E-state index contributed by atoms with van der Waals surface area (Å²) in [5.74, 6) is -1.19. The fourth-order valence-corrected chi connectivity index (χ4v) is 4.10. The number of aliphatic carboxylic acids is 1. The number of anilines is 1. The smallest absolute Gasteiger partial charge is 0.407 e. The van der Waals surface area contributed by atoms with Crippen molar-refractivity contribution in [3.63, 3.8) is 0 Å². The van der Waals surface area contributed by atoms with E-state index in [4.69, 9.17) is 10.5 Å². The summed E-state index contributed by atoms with van der Waals surface area (Å²) in [6, 6.07) is 22.3. The summed E-state index contributed by atoms with van der Waals surface area (Å²) in [7, 11) is 0. The van der Waals surface area contributed by atoms with E-state index in [0.29, 0.717) is 12.1 Å². The second-order valence-corrected chi connectivity index (χ2v) is 7.60. The standard InChI is InChI=1S/C25H24N2O4/c26-22-12-6-1-7-16(22)13-14-23(24(28)29)27-25(30)31-15-21-19-10-4-2-8-17(19)18-9-3-5-11-20(18)21/h1-12,21,23H,13-15,26H2,(H,27,30)(H,28,29)/t23-/m0/s1. The molecule has 3 aromatic rings. The molecule has 0 saturated heterocycles. The third-order valence-corrected chi connectivity index (χ3v) is 5.69. The lowest BCUT2D eigenvalue weighted by atomic mass is 9.98. The highest BCUT2D eigenvalue weighted by molar-refractivity contribution is 5.81. The molecule has 0 aromatic heterocycles. The van der Waals surface area contributed by atoms with Gasteiger partial charge in [0.2, 0.25) is 0 Å². The zero-order valence-corrected chi connectivity index (χ0v) is 17.0. The number of alkyl carbamates (subject to hydrolysis) is 1. The number of rotatable bonds is 7. The number of ether oxygens (including phenoxy) is 1. The van der Waals surface area contributed by atoms with Crippen LogP contribution in [0, 0.1) is 0 Å². The lowest BCUT2D eigenvalue weighted by Gasteiger charge is -2.17. The maximum absolute atomic E-state index is 12.4. The van der Waals surface area contributed by atoms with Crippen molar-refractivity contribution in [1.82, 2.24) is 5.32 Å². The molecule has 0 heterocycles. The third kappa shape index (κ3) is 4.38. The number of aryl methyl sites for hydroxylation is 1. The summed E-state index contributed by atoms with van der Waals surface area (Å²) < 4.78 is 5.46. The van der Waals surface area contributed by atoms with Gasteiger partial charge in [-0.2, -0.15) is 0 Å². The van der Waals surface area contributed by atoms with E-state index in [1.165, 1.54) is 0 Å². The Labute approximate surface area is 180 Å². The van der Waals surface area contributed by atoms with Gasteiger partial charge in [-0.1, -0.05) is 66.7 Å². The zero-order valence-electron chi connectivity index (χ0n) is 17.0. The van der Waals surface area contributed by atoms with Crippen LogP contribution in [0.15, 0.2) is 72.8 Å². The Bertz CT molecular complexity index is 1070. The Balaban J connectivity index is 1.39. The van der Waals surface area contributed by atoms with Gasteiger partial charge in [-0.3, -0.25) is 0 Å². The summed E-state index contributed by atoms with van der Waals surface area (Å²) in [4.78, 5) is 24.0. The van der Waals surface area contributed by atoms with Crippen LogP contribution in [0.25, 0.3) is 11.1 Å². The number of amides is 1. The lowest BCUT2D eigenvalue weighted by molar-refractivity contribution is -0.139. The van der Waals surface area contributed by atoms with Crippen LogP contribution >= 0.6 is 0 Å². The van der Waals surface area contributed by atoms with Gasteiger partial charge in [0.1, 0.15) is 12.6 Å². The van der Waals surface area contributed by atoms with Gasteiger partial charge in [-0.15, -0.1) is 0 Å². The third-order valence-electron chi connectivity index (χ3n) is 5.69. The maximum atomic E-state index is 12.4. The number of nitrogens with two attached hydrogens (primary N) is 1. The lowest BCUT2D eigenvalue weighted by Crippen LogP contribution is -2.41. The molecule has 0 fully saturated rings. The largest absolute Gasteiger partial charge is 0.480 e. The molecule has 0 spiro atoms. The predicted octanol–water partition coefficient (Wildman–Crippen LogP) is 4.19. The van der Waals surface area contributed by atoms with Crippen LogP contribution in [0.4, 0.5) is 10.5 Å². The molecule has 6 heteroatoms. The quantitative estimate of drug-likeness (QED) is 0.501. The summed E-state index contributed by atoms with van der Waals surface area (Å²) in [5, 5.41) is 12.0. The molecule has 0 bridgehead atoms. The number of carboxylic acids is 1. The van der Waals surface area contributed by atoms with E-state index in [-0.39, 0.29) is 18.9 Å². The number of fused-ring (bicyclic) bond motifs is 3. The van der Waals surface area contributed by atoms with Crippen molar-refractivity contribution in [2.45, 2.75) is 24.8 Å². The Morgan fingerprint density at radius 1 is 0.935 bits per heavy atom. The van der Waals surface area contributed by atoms with E-state index in [9.17, 15) is 14.7 Å². The van der Waals surface area contributed by atoms with Crippen molar-refractivity contribution in [3.05, 3.63) is 89.5 Å². The van der Waals surface area contributed by atoms with Gasteiger partial charge in [-0.25, -0.2) is 9.59 Å². The van der Waals surface area contributed by atoms with Gasteiger partial charge < -0.3 is 20.9 Å². The number of nitrogen functional groups attached to an aromatic ring is 1. The monoisotopic (exact) mass is 416 g/mol. The van der Waals surface area contributed by atoms with Gasteiger partial charge >= 0.3 is 12.1 Å². The first-order valence-corrected chi connectivity index (χ1v) is 10.2. The van der Waals surface area contributed by atoms with Gasteiger partial charge in [0.15, 0.2) is 0 Å². The topological polar surface area (TPSA) is 102 Å². The van der Waals surface area contributed by atoms with Crippen molar-refractivity contribution < 1.29 is 19.4 Å². The number of nitrogens with one attached hydrogen (secondary N) is 1. The number of carbonyl (C=O) groups is 2. The van der Waals surface area contributed by atoms with E-state index in [0.717, 1.165) is 27.8 Å². The van der Waals surface area contributed by atoms with Crippen molar-refractivity contribution in [3.8, 4) is 11.1 Å². The molecular formula is C25H24N2O4. The highest BCUT2D eigenvalue weighted by Gasteiger charge is 2.29. The SMILES string of the molecule is Nc1ccccc1CC[C@H](NC(=O)OCC1c2ccccc2-c2ccccc21)C(=O)O. The van der Waals surface area contributed by atoms with E-state index in [2.05, 4.69) is 17.4 Å². The Morgan fingerprint density at radius 3 is 2.13 bits per heavy atom. The molecule has 0 radical (unpaired) electrons. The van der Waals surface area contributed by atoms with Crippen LogP contribution in [-0.2, 0) is 16.0 Å². The molecule has 4 N–H and O–H groups in total. The fraction of sp³-hybridized carbons (Fsp3) is 0.200. The van der Waals surface area contributed by atoms with Crippen LogP contribution in [0.2, 0.25) is 0 Å². The predicted molar refractivity (Wildman–Crippen MR) is 119 cm³/mol. The van der Waals surface area contributed by atoms with Crippen molar-refractivity contribution in [2.75, 3.05) is 12.3 Å². The Hall–Kier alpha value is -3.80. The highest BCUT2D eigenvalue weighted by Crippen LogP contribution is 2.44. The van der Waals surface area contributed by atoms with Gasteiger partial charge in [0.05, 0.1) is 0 Å². The zero-order chi connectivity index (χ0) is 21.8. The minimum atomic E-state index is -1.11. The number of carbonyl (C=O) groups excluding carboxylic acids is 1. The van der Waals surface area contributed by atoms with E-state index >= 15 is 0 Å². The molecule has 1 aliphatic carbocycles. The van der Waals surface area contributed by atoms with Gasteiger partial charge in [0.25, 0.3) is 0 Å². The average Bonchev–Trinajstić information content (AvgIpc) is 3.10. The summed E-state index contributed by atoms with van der Waals surface area (Å²) >= 11 is 0. The van der Waals surface area contributed by atoms with Crippen molar-refractivity contribution in [1.29, 1.82) is 0 Å². The first-order chi connectivity index (χ1) is 15.0. The van der Waals surface area contributed by atoms with Crippen molar-refractivity contribution in [2.24, 2.45) is 0 Å². The highest BCUT2D eigenvalue weighted by atomic mass is 16.5. The van der Waals surface area contributed by atoms with Crippen LogP contribution < -0.4 is 11.1 Å². The molecule has 4 rings (SSSR count). The van der Waals surface area contributed by atoms with Crippen LogP contribution in [0.5, 0.6) is 0 Å². The molecule has 0 saturated carbocycles. The van der Waals surface area contributed by atoms with E-state index < -0.39 is 18.1 Å². The number of carboxylic acid groups (broad SMARTS) is 1. The number of para-hydroxylation sites is 1. The van der Waals surface area contributed by atoms with Crippen molar-refractivity contribution >= 4 is 17.7 Å². The molecule has 31 heavy (non-hydrogen) atoms. The van der Waals surface area contributed by atoms with Crippen LogP contribution in [0.3, 0.4) is 0 Å². The molecule has 0 unspecified atom stereocenters. The number of benzene rings is 3. The van der Waals surface area contributed by atoms with Gasteiger partial charge in [0, 0.05) is 11.6 Å². The fourth-order valence-electron chi connectivity index (χ4n) is 4.10. The maximum Gasteiger partial charge on any atom is 0.407 e. The van der Waals surface area contributed by atoms with E-state index in [1.807, 2.05) is 54.6 Å². The average molecular weight is 416 g/mol. The van der Waals surface area contributed by atoms with Crippen LogP contribution in [-0.4, -0.2) is 29.8 Å². The minimum Gasteiger partial charge on any atom is -0.480 e. The molecule has 1 aliphatic rings. The second-order valence-electron chi connectivity index (χ2n) is 7.60. The molecule has 0 aliphatic heterocycles. The minimum absolute atomic E-state index is 0.0782. The van der Waals surface area contributed by atoms with Crippen LogP contribution in [0.1, 0.15) is 29.0 Å². The molecule has 1 atom stereocenters. The normalized spacial score (nSPS) is 13.2. The molecule has 158 valence electrons. The molecule has 6 nitrogen and oxygen atoms in total.